The van der Waals surface area contributed by atoms with E-state index in [1.165, 1.54) is 0 Å². The SMILES string of the molecule is C[C@@H]1O[C@@H](O[C@@H]2CCCOC2)[C@H](O)[C@H](O)[C@H]1O[C@H]1C[C@@H](O[C@H]2C[C@@H](O)[C@H](O)CO2)[C@H](O)CO1. The van der Waals surface area contributed by atoms with Gasteiger partial charge in [0.2, 0.25) is 0 Å². The van der Waals surface area contributed by atoms with Gasteiger partial charge in [-0.05, 0) is 19.8 Å². The molecule has 4 heterocycles. The summed E-state index contributed by atoms with van der Waals surface area (Å²) < 4.78 is 39.6. The van der Waals surface area contributed by atoms with Crippen molar-refractivity contribution in [2.24, 2.45) is 0 Å². The van der Waals surface area contributed by atoms with Crippen LogP contribution in [0, 0.1) is 0 Å². The smallest absolute Gasteiger partial charge is 0.186 e. The normalized spacial score (nSPS) is 49.6. The van der Waals surface area contributed by atoms with Crippen molar-refractivity contribution < 1.29 is 58.7 Å². The lowest BCUT2D eigenvalue weighted by Crippen LogP contribution is -2.60. The molecule has 5 N–H and O–H groups in total. The van der Waals surface area contributed by atoms with E-state index in [1.54, 1.807) is 6.92 Å². The van der Waals surface area contributed by atoms with Crippen LogP contribution in [0.5, 0.6) is 0 Å². The van der Waals surface area contributed by atoms with Crippen LogP contribution >= 0.6 is 0 Å². The Balaban J connectivity index is 1.29. The van der Waals surface area contributed by atoms with Crippen molar-refractivity contribution in [1.29, 1.82) is 0 Å². The summed E-state index contributed by atoms with van der Waals surface area (Å²) in [7, 11) is 0. The largest absolute Gasteiger partial charge is 0.390 e. The Labute approximate surface area is 192 Å². The van der Waals surface area contributed by atoms with Crippen LogP contribution in [0.25, 0.3) is 0 Å². The predicted molar refractivity (Wildman–Crippen MR) is 108 cm³/mol. The first-order chi connectivity index (χ1) is 15.8. The van der Waals surface area contributed by atoms with E-state index < -0.39 is 67.7 Å². The first kappa shape index (κ1) is 25.6. The van der Waals surface area contributed by atoms with Crippen molar-refractivity contribution >= 4 is 0 Å². The fourth-order valence-electron chi connectivity index (χ4n) is 4.49. The third-order valence-electron chi connectivity index (χ3n) is 6.50. The van der Waals surface area contributed by atoms with Gasteiger partial charge in [0.25, 0.3) is 0 Å². The van der Waals surface area contributed by atoms with Crippen molar-refractivity contribution in [3.8, 4) is 0 Å². The van der Waals surface area contributed by atoms with Gasteiger partial charge in [0.1, 0.15) is 30.5 Å². The molecule has 0 aromatic rings. The monoisotopic (exact) mass is 480 g/mol. The maximum Gasteiger partial charge on any atom is 0.186 e. The molecule has 4 rings (SSSR count). The van der Waals surface area contributed by atoms with Crippen LogP contribution in [0.4, 0.5) is 0 Å². The lowest BCUT2D eigenvalue weighted by Gasteiger charge is -2.44. The molecule has 12 heteroatoms. The molecule has 192 valence electrons. The molecule has 4 aliphatic rings. The van der Waals surface area contributed by atoms with Crippen molar-refractivity contribution in [1.82, 2.24) is 0 Å². The van der Waals surface area contributed by atoms with Gasteiger partial charge in [-0.1, -0.05) is 0 Å². The van der Waals surface area contributed by atoms with Crippen LogP contribution in [-0.2, 0) is 33.2 Å². The Kier molecular flexibility index (Phi) is 8.93. The summed E-state index contributed by atoms with van der Waals surface area (Å²) in [5.74, 6) is 0. The van der Waals surface area contributed by atoms with E-state index in [1.807, 2.05) is 0 Å². The fraction of sp³-hybridized carbons (Fsp3) is 1.00. The van der Waals surface area contributed by atoms with E-state index in [9.17, 15) is 25.5 Å². The molecule has 33 heavy (non-hydrogen) atoms. The lowest BCUT2D eigenvalue weighted by molar-refractivity contribution is -0.342. The molecule has 0 spiro atoms. The average molecular weight is 481 g/mol. The van der Waals surface area contributed by atoms with Gasteiger partial charge >= 0.3 is 0 Å². The van der Waals surface area contributed by atoms with Gasteiger partial charge < -0.3 is 58.7 Å². The lowest BCUT2D eigenvalue weighted by atomic mass is 9.99. The zero-order valence-corrected chi connectivity index (χ0v) is 18.7. The summed E-state index contributed by atoms with van der Waals surface area (Å²) >= 11 is 0. The zero-order chi connectivity index (χ0) is 23.5. The Morgan fingerprint density at radius 1 is 0.758 bits per heavy atom. The highest BCUT2D eigenvalue weighted by molar-refractivity contribution is 4.90. The minimum atomic E-state index is -1.32. The number of ether oxygens (including phenoxy) is 7. The molecule has 0 unspecified atom stereocenters. The first-order valence-electron chi connectivity index (χ1n) is 11.6. The van der Waals surface area contributed by atoms with E-state index in [4.69, 9.17) is 33.2 Å². The summed E-state index contributed by atoms with van der Waals surface area (Å²) in [4.78, 5) is 0. The Morgan fingerprint density at radius 2 is 1.48 bits per heavy atom. The first-order valence-corrected chi connectivity index (χ1v) is 11.6. The summed E-state index contributed by atoms with van der Waals surface area (Å²) in [6.45, 7) is 2.67. The molecule has 12 nitrogen and oxygen atoms in total. The predicted octanol–water partition coefficient (Wildman–Crippen LogP) is -2.01. The van der Waals surface area contributed by atoms with Gasteiger partial charge in [0.15, 0.2) is 18.9 Å². The van der Waals surface area contributed by atoms with Crippen LogP contribution < -0.4 is 0 Å². The van der Waals surface area contributed by atoms with E-state index in [-0.39, 0.29) is 32.2 Å². The summed E-state index contributed by atoms with van der Waals surface area (Å²) in [6, 6.07) is 0. The van der Waals surface area contributed by atoms with Crippen molar-refractivity contribution in [3.05, 3.63) is 0 Å². The van der Waals surface area contributed by atoms with Crippen LogP contribution in [0.15, 0.2) is 0 Å². The fourth-order valence-corrected chi connectivity index (χ4v) is 4.49. The molecule has 4 aliphatic heterocycles. The van der Waals surface area contributed by atoms with Crippen LogP contribution in [0.1, 0.15) is 32.6 Å². The van der Waals surface area contributed by atoms with Crippen molar-refractivity contribution in [2.45, 2.75) is 106 Å². The van der Waals surface area contributed by atoms with Gasteiger partial charge in [0, 0.05) is 19.4 Å². The van der Waals surface area contributed by atoms with Crippen molar-refractivity contribution in [2.75, 3.05) is 26.4 Å². The zero-order valence-electron chi connectivity index (χ0n) is 18.7. The van der Waals surface area contributed by atoms with E-state index in [0.717, 1.165) is 12.8 Å². The highest BCUT2D eigenvalue weighted by Crippen LogP contribution is 2.30. The van der Waals surface area contributed by atoms with Crippen LogP contribution in [0.3, 0.4) is 0 Å². The second-order valence-electron chi connectivity index (χ2n) is 9.14. The molecular formula is C21H36O12. The second-order valence-corrected chi connectivity index (χ2v) is 9.14. The molecule has 0 aliphatic carbocycles. The number of aliphatic hydroxyl groups excluding tert-OH is 5. The van der Waals surface area contributed by atoms with E-state index in [2.05, 4.69) is 0 Å². The number of rotatable bonds is 6. The number of hydrogen-bond acceptors (Lipinski definition) is 12. The minimum absolute atomic E-state index is 0.0672. The number of aliphatic hydroxyl groups is 5. The third-order valence-corrected chi connectivity index (χ3v) is 6.50. The summed E-state index contributed by atoms with van der Waals surface area (Å²) in [5, 5.41) is 50.9. The average Bonchev–Trinajstić information content (AvgIpc) is 2.80. The van der Waals surface area contributed by atoms with E-state index >= 15 is 0 Å². The van der Waals surface area contributed by atoms with Gasteiger partial charge in [-0.2, -0.15) is 0 Å². The molecule has 0 bridgehead atoms. The summed E-state index contributed by atoms with van der Waals surface area (Å²) in [5.41, 5.74) is 0. The molecule has 0 saturated carbocycles. The topological polar surface area (TPSA) is 166 Å². The molecule has 0 aromatic heterocycles. The van der Waals surface area contributed by atoms with Gasteiger partial charge in [-0.15, -0.1) is 0 Å². The molecular weight excluding hydrogens is 444 g/mol. The van der Waals surface area contributed by atoms with E-state index in [0.29, 0.717) is 13.2 Å². The Hall–Kier alpha value is -0.480. The van der Waals surface area contributed by atoms with Crippen molar-refractivity contribution in [3.63, 3.8) is 0 Å². The maximum absolute atomic E-state index is 10.7. The molecule has 4 saturated heterocycles. The molecule has 4 fully saturated rings. The van der Waals surface area contributed by atoms with Crippen LogP contribution in [0.2, 0.25) is 0 Å². The standard InChI is InChI=1S/C21H36O12/c1-10-20(18(25)19(26)21(30-10)31-11-3-2-4-27-7-11)33-17-6-15(14(24)9-29-17)32-16-5-12(22)13(23)8-28-16/h10-26H,2-9H2,1H3/t10-,11+,12+,13+,14+,15+,16-,17-,18-,19+,20-,21-/m0/s1. The van der Waals surface area contributed by atoms with Gasteiger partial charge in [-0.3, -0.25) is 0 Å². The maximum atomic E-state index is 10.7. The Bertz CT molecular complexity index is 604. The molecule has 0 radical (unpaired) electrons. The molecule has 12 atom stereocenters. The minimum Gasteiger partial charge on any atom is -0.390 e. The number of hydrogen-bond donors (Lipinski definition) is 5. The molecule has 0 aromatic carbocycles. The quantitative estimate of drug-likeness (QED) is 0.284. The Morgan fingerprint density at radius 3 is 2.18 bits per heavy atom. The highest BCUT2D eigenvalue weighted by atomic mass is 16.7. The molecule has 0 amide bonds. The van der Waals surface area contributed by atoms with Crippen LogP contribution in [-0.4, -0.2) is 126 Å². The highest BCUT2D eigenvalue weighted by Gasteiger charge is 2.47. The summed E-state index contributed by atoms with van der Waals surface area (Å²) in [6.07, 6.45) is -8.68. The second kappa shape index (κ2) is 11.5. The van der Waals surface area contributed by atoms with Gasteiger partial charge in [0.05, 0.1) is 44.2 Å². The third kappa shape index (κ3) is 6.40. The van der Waals surface area contributed by atoms with Gasteiger partial charge in [-0.25, -0.2) is 0 Å².